The first-order chi connectivity index (χ1) is 11.4. The normalized spacial score (nSPS) is 26.5. The average molecular weight is 358 g/mol. The molecule has 0 aromatic heterocycles. The predicted octanol–water partition coefficient (Wildman–Crippen LogP) is 0.503. The van der Waals surface area contributed by atoms with Crippen molar-refractivity contribution in [1.82, 2.24) is 8.61 Å². The molecule has 0 unspecified atom stereocenters. The minimum absolute atomic E-state index is 0.0717. The van der Waals surface area contributed by atoms with Gasteiger partial charge in [0.2, 0.25) is 0 Å². The Hall–Kier alpha value is -1.55. The Bertz CT molecular complexity index is 703. The molecule has 0 spiro atoms. The molecule has 9 heteroatoms. The highest BCUT2D eigenvalue weighted by Crippen LogP contribution is 2.35. The molecular weight excluding hydrogens is 339 g/mol. The number of ether oxygens (including phenoxy) is 1. The van der Waals surface area contributed by atoms with E-state index in [2.05, 4.69) is 0 Å². The van der Waals surface area contributed by atoms with Crippen LogP contribution in [0.1, 0.15) is 11.5 Å². The van der Waals surface area contributed by atoms with Gasteiger partial charge in [0.05, 0.1) is 19.1 Å². The molecule has 1 N–H and O–H groups in total. The summed E-state index contributed by atoms with van der Waals surface area (Å²) in [7, 11) is -3.73. The van der Waals surface area contributed by atoms with Crippen LogP contribution in [-0.2, 0) is 19.7 Å². The molecule has 2 aliphatic rings. The molecule has 2 atom stereocenters. The third kappa shape index (κ3) is 3.30. The van der Waals surface area contributed by atoms with Crippen LogP contribution in [0.5, 0.6) is 0 Å². The molecule has 2 fully saturated rings. The van der Waals surface area contributed by atoms with Crippen LogP contribution < -0.4 is 0 Å². The maximum Gasteiger partial charge on any atom is 0.308 e. The van der Waals surface area contributed by atoms with Crippen LogP contribution in [0.3, 0.4) is 0 Å². The molecule has 2 aliphatic heterocycles. The van der Waals surface area contributed by atoms with E-state index in [-0.39, 0.29) is 26.2 Å². The fourth-order valence-corrected chi connectivity index (χ4v) is 4.83. The standard InChI is InChI=1S/C15H19FN2O5S/c16-12-3-1-11(2-4-12)13-9-18(10-14(13)15(19)20)24(21,22)17-5-7-23-8-6-17/h1-4,13-14H,5-10H2,(H,19,20)/t13-,14+/m0/s1. The van der Waals surface area contributed by atoms with E-state index in [1.165, 1.54) is 32.9 Å². The Morgan fingerprint density at radius 1 is 1.12 bits per heavy atom. The summed E-state index contributed by atoms with van der Waals surface area (Å²) < 4.78 is 46.3. The number of aliphatic carboxylic acids is 1. The molecule has 3 rings (SSSR count). The van der Waals surface area contributed by atoms with Gasteiger partial charge >= 0.3 is 5.97 Å². The van der Waals surface area contributed by atoms with Crippen LogP contribution in [0.2, 0.25) is 0 Å². The summed E-state index contributed by atoms with van der Waals surface area (Å²) in [5.41, 5.74) is 0.628. The maximum atomic E-state index is 13.1. The zero-order valence-electron chi connectivity index (χ0n) is 13.0. The van der Waals surface area contributed by atoms with Crippen molar-refractivity contribution < 1.29 is 27.4 Å². The molecule has 132 valence electrons. The number of carboxylic acid groups (broad SMARTS) is 1. The number of rotatable bonds is 4. The fraction of sp³-hybridized carbons (Fsp3) is 0.533. The highest BCUT2D eigenvalue weighted by atomic mass is 32.2. The Kier molecular flexibility index (Phi) is 4.86. The Balaban J connectivity index is 1.84. The van der Waals surface area contributed by atoms with Crippen LogP contribution >= 0.6 is 0 Å². The van der Waals surface area contributed by atoms with E-state index in [1.807, 2.05) is 0 Å². The van der Waals surface area contributed by atoms with Crippen LogP contribution in [0.4, 0.5) is 4.39 Å². The first-order valence-electron chi connectivity index (χ1n) is 7.71. The molecule has 0 bridgehead atoms. The van der Waals surface area contributed by atoms with Gasteiger partial charge in [0.15, 0.2) is 0 Å². The van der Waals surface area contributed by atoms with Crippen molar-refractivity contribution in [3.8, 4) is 0 Å². The molecule has 7 nitrogen and oxygen atoms in total. The first kappa shape index (κ1) is 17.3. The number of benzene rings is 1. The summed E-state index contributed by atoms with van der Waals surface area (Å²) >= 11 is 0. The van der Waals surface area contributed by atoms with E-state index in [4.69, 9.17) is 4.74 Å². The molecule has 2 saturated heterocycles. The minimum Gasteiger partial charge on any atom is -0.481 e. The SMILES string of the molecule is O=C(O)[C@@H]1CN(S(=O)(=O)N2CCOCC2)C[C@H]1c1ccc(F)cc1. The van der Waals surface area contributed by atoms with Gasteiger partial charge in [0, 0.05) is 32.1 Å². The van der Waals surface area contributed by atoms with E-state index in [1.54, 1.807) is 0 Å². The lowest BCUT2D eigenvalue weighted by Gasteiger charge is -2.30. The first-order valence-corrected chi connectivity index (χ1v) is 9.10. The van der Waals surface area contributed by atoms with E-state index in [0.29, 0.717) is 18.8 Å². The Labute approximate surface area is 139 Å². The van der Waals surface area contributed by atoms with Crippen LogP contribution in [0.25, 0.3) is 0 Å². The lowest BCUT2D eigenvalue weighted by Crippen LogP contribution is -2.48. The van der Waals surface area contributed by atoms with Gasteiger partial charge in [-0.15, -0.1) is 0 Å². The fourth-order valence-electron chi connectivity index (χ4n) is 3.19. The van der Waals surface area contributed by atoms with E-state index < -0.39 is 33.8 Å². The van der Waals surface area contributed by atoms with Crippen molar-refractivity contribution >= 4 is 16.2 Å². The lowest BCUT2D eigenvalue weighted by atomic mass is 9.89. The molecular formula is C15H19FN2O5S. The summed E-state index contributed by atoms with van der Waals surface area (Å²) in [6.45, 7) is 1.17. The summed E-state index contributed by atoms with van der Waals surface area (Å²) in [5, 5.41) is 9.46. The largest absolute Gasteiger partial charge is 0.481 e. The Morgan fingerprint density at radius 3 is 2.33 bits per heavy atom. The van der Waals surface area contributed by atoms with Gasteiger partial charge in [0.1, 0.15) is 5.82 Å². The highest BCUT2D eigenvalue weighted by molar-refractivity contribution is 7.86. The molecule has 24 heavy (non-hydrogen) atoms. The zero-order valence-corrected chi connectivity index (χ0v) is 13.8. The second kappa shape index (κ2) is 6.75. The Morgan fingerprint density at radius 2 is 1.75 bits per heavy atom. The van der Waals surface area contributed by atoms with Gasteiger partial charge in [0.25, 0.3) is 10.2 Å². The predicted molar refractivity (Wildman–Crippen MR) is 83.2 cm³/mol. The molecule has 0 radical (unpaired) electrons. The number of hydrogen-bond donors (Lipinski definition) is 1. The van der Waals surface area contributed by atoms with Gasteiger partial charge in [-0.3, -0.25) is 4.79 Å². The number of halogens is 1. The topological polar surface area (TPSA) is 87.2 Å². The third-order valence-electron chi connectivity index (χ3n) is 4.52. The molecule has 2 heterocycles. The summed E-state index contributed by atoms with van der Waals surface area (Å²) in [6, 6.07) is 5.54. The maximum absolute atomic E-state index is 13.1. The highest BCUT2D eigenvalue weighted by Gasteiger charge is 2.45. The molecule has 0 aliphatic carbocycles. The lowest BCUT2D eigenvalue weighted by molar-refractivity contribution is -0.141. The van der Waals surface area contributed by atoms with Gasteiger partial charge in [-0.25, -0.2) is 4.39 Å². The number of carbonyl (C=O) groups is 1. The second-order valence-corrected chi connectivity index (χ2v) is 7.87. The third-order valence-corrected chi connectivity index (χ3v) is 6.49. The average Bonchev–Trinajstić information content (AvgIpc) is 3.03. The minimum atomic E-state index is -3.73. The molecule has 1 aromatic carbocycles. The van der Waals surface area contributed by atoms with Crippen molar-refractivity contribution in [1.29, 1.82) is 0 Å². The van der Waals surface area contributed by atoms with Crippen LogP contribution in [-0.4, -0.2) is 67.5 Å². The van der Waals surface area contributed by atoms with Gasteiger partial charge in [-0.1, -0.05) is 12.1 Å². The molecule has 0 amide bonds. The van der Waals surface area contributed by atoms with Crippen LogP contribution in [0, 0.1) is 11.7 Å². The number of carboxylic acids is 1. The van der Waals surface area contributed by atoms with Crippen molar-refractivity contribution in [3.63, 3.8) is 0 Å². The quantitative estimate of drug-likeness (QED) is 0.847. The summed E-state index contributed by atoms with van der Waals surface area (Å²) in [5.74, 6) is -2.82. The van der Waals surface area contributed by atoms with Gasteiger partial charge < -0.3 is 9.84 Å². The van der Waals surface area contributed by atoms with E-state index in [0.717, 1.165) is 0 Å². The smallest absolute Gasteiger partial charge is 0.308 e. The number of morpholine rings is 1. The zero-order chi connectivity index (χ0) is 17.3. The van der Waals surface area contributed by atoms with Crippen LogP contribution in [0.15, 0.2) is 24.3 Å². The number of hydrogen-bond acceptors (Lipinski definition) is 4. The second-order valence-electron chi connectivity index (χ2n) is 5.94. The van der Waals surface area contributed by atoms with Gasteiger partial charge in [-0.2, -0.15) is 17.0 Å². The van der Waals surface area contributed by atoms with Crippen molar-refractivity contribution in [2.45, 2.75) is 5.92 Å². The molecule has 0 saturated carbocycles. The van der Waals surface area contributed by atoms with E-state index >= 15 is 0 Å². The summed E-state index contributed by atoms with van der Waals surface area (Å²) in [4.78, 5) is 11.6. The van der Waals surface area contributed by atoms with Crippen molar-refractivity contribution in [3.05, 3.63) is 35.6 Å². The number of nitrogens with zero attached hydrogens (tertiary/aromatic N) is 2. The monoisotopic (exact) mass is 358 g/mol. The van der Waals surface area contributed by atoms with Gasteiger partial charge in [-0.05, 0) is 17.7 Å². The summed E-state index contributed by atoms with van der Waals surface area (Å²) in [6.07, 6.45) is 0. The van der Waals surface area contributed by atoms with Crippen molar-refractivity contribution in [2.75, 3.05) is 39.4 Å². The van der Waals surface area contributed by atoms with Crippen molar-refractivity contribution in [2.24, 2.45) is 5.92 Å². The molecule has 1 aromatic rings. The van der Waals surface area contributed by atoms with E-state index in [9.17, 15) is 22.7 Å².